The van der Waals surface area contributed by atoms with Gasteiger partial charge in [-0.25, -0.2) is 0 Å². The maximum atomic E-state index is 10.8. The van der Waals surface area contributed by atoms with Gasteiger partial charge in [0.15, 0.2) is 0 Å². The SMILES string of the molecule is CN1CC=[PH](C)C1=O. The van der Waals surface area contributed by atoms with E-state index in [1.807, 2.05) is 13.7 Å². The molecule has 1 rings (SSSR count). The minimum absolute atomic E-state index is 0.343. The second-order valence-electron chi connectivity index (χ2n) is 2.07. The fourth-order valence-corrected chi connectivity index (χ4v) is 2.16. The van der Waals surface area contributed by atoms with Crippen molar-refractivity contribution in [3.63, 3.8) is 0 Å². The van der Waals surface area contributed by atoms with Crippen LogP contribution in [0.15, 0.2) is 0 Å². The average molecular weight is 131 g/mol. The summed E-state index contributed by atoms with van der Waals surface area (Å²) >= 11 is 0. The minimum atomic E-state index is -0.721. The van der Waals surface area contributed by atoms with Crippen molar-refractivity contribution >= 4 is 19.0 Å². The maximum absolute atomic E-state index is 10.8. The number of amides is 1. The molecule has 46 valence electrons. The highest BCUT2D eigenvalue weighted by Crippen LogP contribution is 2.24. The molecule has 0 saturated heterocycles. The van der Waals surface area contributed by atoms with Crippen molar-refractivity contribution in [2.45, 2.75) is 0 Å². The summed E-state index contributed by atoms with van der Waals surface area (Å²) in [6.07, 6.45) is 0. The molecule has 0 aromatic rings. The molecule has 0 aromatic heterocycles. The van der Waals surface area contributed by atoms with Crippen LogP contribution < -0.4 is 0 Å². The van der Waals surface area contributed by atoms with Crippen LogP contribution in [0.2, 0.25) is 0 Å². The van der Waals surface area contributed by atoms with Gasteiger partial charge in [-0.1, -0.05) is 5.80 Å². The number of hydrogen-bond acceptors (Lipinski definition) is 1. The smallest absolute Gasteiger partial charge is 0.239 e. The zero-order valence-electron chi connectivity index (χ0n) is 5.14. The highest BCUT2D eigenvalue weighted by molar-refractivity contribution is 7.73. The lowest BCUT2D eigenvalue weighted by Crippen LogP contribution is -2.17. The molecular weight excluding hydrogens is 121 g/mol. The van der Waals surface area contributed by atoms with E-state index in [1.54, 1.807) is 4.90 Å². The van der Waals surface area contributed by atoms with Gasteiger partial charge in [0.25, 0.3) is 0 Å². The third-order valence-electron chi connectivity index (χ3n) is 1.36. The molecule has 0 aliphatic carbocycles. The Hall–Kier alpha value is -0.230. The van der Waals surface area contributed by atoms with Crippen LogP contribution in [-0.2, 0) is 0 Å². The van der Waals surface area contributed by atoms with Crippen LogP contribution in [-0.4, -0.2) is 36.6 Å². The molecule has 3 heteroatoms. The average Bonchev–Trinajstić information content (AvgIpc) is 1.98. The molecule has 1 unspecified atom stereocenters. The quantitative estimate of drug-likeness (QED) is 0.443. The van der Waals surface area contributed by atoms with Crippen LogP contribution in [0.3, 0.4) is 0 Å². The first-order valence-corrected chi connectivity index (χ1v) is 4.72. The van der Waals surface area contributed by atoms with E-state index in [4.69, 9.17) is 0 Å². The van der Waals surface area contributed by atoms with Crippen LogP contribution in [0.4, 0.5) is 4.79 Å². The Morgan fingerprint density at radius 1 is 1.88 bits per heavy atom. The maximum Gasteiger partial charge on any atom is 0.239 e. The number of hydrogen-bond donors (Lipinski definition) is 0. The van der Waals surface area contributed by atoms with Crippen molar-refractivity contribution in [2.24, 2.45) is 0 Å². The normalized spacial score (nSPS) is 28.5. The highest BCUT2D eigenvalue weighted by atomic mass is 31.1. The molecule has 0 saturated carbocycles. The minimum Gasteiger partial charge on any atom is -0.339 e. The van der Waals surface area contributed by atoms with E-state index in [9.17, 15) is 4.79 Å². The summed E-state index contributed by atoms with van der Waals surface area (Å²) in [5, 5.41) is 0. The molecule has 8 heavy (non-hydrogen) atoms. The monoisotopic (exact) mass is 131 g/mol. The van der Waals surface area contributed by atoms with Crippen LogP contribution in [0.5, 0.6) is 0 Å². The van der Waals surface area contributed by atoms with Crippen molar-refractivity contribution in [1.29, 1.82) is 0 Å². The van der Waals surface area contributed by atoms with Gasteiger partial charge in [0.05, 0.1) is 0 Å². The van der Waals surface area contributed by atoms with Gasteiger partial charge in [-0.15, -0.1) is 0 Å². The number of carbonyl (C=O) groups excluding carboxylic acids is 1. The molecule has 0 bridgehead atoms. The molecule has 1 aliphatic heterocycles. The van der Waals surface area contributed by atoms with Gasteiger partial charge in [-0.2, -0.15) is 0 Å². The molecule has 0 aromatic carbocycles. The summed E-state index contributed by atoms with van der Waals surface area (Å²) in [4.78, 5) is 12.6. The van der Waals surface area contributed by atoms with Crippen molar-refractivity contribution in [1.82, 2.24) is 4.90 Å². The van der Waals surface area contributed by atoms with Crippen molar-refractivity contribution in [3.05, 3.63) is 0 Å². The van der Waals surface area contributed by atoms with Gasteiger partial charge in [-0.3, -0.25) is 4.79 Å². The lowest BCUT2D eigenvalue weighted by atomic mass is 10.7. The van der Waals surface area contributed by atoms with E-state index in [-0.39, 0.29) is 0 Å². The third kappa shape index (κ3) is 0.805. The molecule has 1 amide bonds. The van der Waals surface area contributed by atoms with E-state index >= 15 is 0 Å². The molecular formula is C5H10NOP. The zero-order valence-corrected chi connectivity index (χ0v) is 6.14. The molecule has 0 radical (unpaired) electrons. The summed E-state index contributed by atoms with van der Waals surface area (Å²) < 4.78 is 0. The molecule has 1 atom stereocenters. The summed E-state index contributed by atoms with van der Waals surface area (Å²) in [5.74, 6) is 2.12. The Labute approximate surface area is 49.9 Å². The Kier molecular flexibility index (Phi) is 1.43. The second kappa shape index (κ2) is 1.94. The molecule has 0 fully saturated rings. The van der Waals surface area contributed by atoms with Crippen LogP contribution in [0, 0.1) is 0 Å². The van der Waals surface area contributed by atoms with Gasteiger partial charge in [-0.05, 0) is 14.2 Å². The largest absolute Gasteiger partial charge is 0.339 e. The number of nitrogens with zero attached hydrogens (tertiary/aromatic N) is 1. The summed E-state index contributed by atoms with van der Waals surface area (Å²) in [5.41, 5.74) is 0.343. The lowest BCUT2D eigenvalue weighted by molar-refractivity contribution is 0.239. The van der Waals surface area contributed by atoms with E-state index in [0.717, 1.165) is 6.54 Å². The van der Waals surface area contributed by atoms with Crippen molar-refractivity contribution in [3.8, 4) is 0 Å². The number of rotatable bonds is 0. The third-order valence-corrected chi connectivity index (χ3v) is 3.21. The van der Waals surface area contributed by atoms with E-state index in [1.165, 1.54) is 0 Å². The number of carbonyl (C=O) groups is 1. The molecule has 0 N–H and O–H groups in total. The Bertz CT molecular complexity index is 153. The van der Waals surface area contributed by atoms with Crippen molar-refractivity contribution in [2.75, 3.05) is 20.3 Å². The Balaban J connectivity index is 2.73. The second-order valence-corrected chi connectivity index (χ2v) is 4.27. The predicted molar refractivity (Wildman–Crippen MR) is 38.3 cm³/mol. The summed E-state index contributed by atoms with van der Waals surface area (Å²) in [6.45, 7) is 2.89. The zero-order chi connectivity index (χ0) is 6.15. The van der Waals surface area contributed by atoms with Gasteiger partial charge in [0, 0.05) is 13.6 Å². The topological polar surface area (TPSA) is 20.3 Å². The Morgan fingerprint density at radius 2 is 2.50 bits per heavy atom. The Morgan fingerprint density at radius 3 is 2.62 bits per heavy atom. The fourth-order valence-electron chi connectivity index (χ4n) is 0.745. The first-order chi connectivity index (χ1) is 3.72. The molecule has 1 aliphatic rings. The molecule has 1 heterocycles. The van der Waals surface area contributed by atoms with E-state index in [0.29, 0.717) is 5.65 Å². The summed E-state index contributed by atoms with van der Waals surface area (Å²) in [7, 11) is 1.13. The summed E-state index contributed by atoms with van der Waals surface area (Å²) in [6, 6.07) is 0. The lowest BCUT2D eigenvalue weighted by Gasteiger charge is -2.05. The van der Waals surface area contributed by atoms with Gasteiger partial charge in [0.2, 0.25) is 5.65 Å². The van der Waals surface area contributed by atoms with Crippen molar-refractivity contribution < 1.29 is 4.79 Å². The van der Waals surface area contributed by atoms with E-state index < -0.39 is 7.55 Å². The van der Waals surface area contributed by atoms with E-state index in [2.05, 4.69) is 5.80 Å². The highest BCUT2D eigenvalue weighted by Gasteiger charge is 2.13. The first-order valence-electron chi connectivity index (χ1n) is 2.64. The molecule has 2 nitrogen and oxygen atoms in total. The van der Waals surface area contributed by atoms with Crippen LogP contribution in [0.25, 0.3) is 0 Å². The van der Waals surface area contributed by atoms with Gasteiger partial charge < -0.3 is 4.90 Å². The fraction of sp³-hybridized carbons (Fsp3) is 0.600. The first kappa shape index (κ1) is 5.90. The van der Waals surface area contributed by atoms with Gasteiger partial charge >= 0.3 is 0 Å². The standard InChI is InChI=1S/C5H10NOP/c1-6-3-4-8(2)5(6)7/h4,8H,3H2,1-2H3. The predicted octanol–water partition coefficient (Wildman–Crippen LogP) is 0.698. The van der Waals surface area contributed by atoms with Crippen LogP contribution >= 0.6 is 7.55 Å². The van der Waals surface area contributed by atoms with Gasteiger partial charge in [0.1, 0.15) is 0 Å². The van der Waals surface area contributed by atoms with Crippen LogP contribution in [0.1, 0.15) is 0 Å². The molecule has 0 spiro atoms.